The van der Waals surface area contributed by atoms with Crippen LogP contribution in [0.4, 0.5) is 0 Å². The molecule has 2 aromatic heterocycles. The molecule has 0 saturated carbocycles. The van der Waals surface area contributed by atoms with E-state index in [-0.39, 0.29) is 0 Å². The maximum Gasteiger partial charge on any atom is 0.135 e. The molecule has 0 aliphatic heterocycles. The fourth-order valence-corrected chi connectivity index (χ4v) is 2.46. The van der Waals surface area contributed by atoms with Crippen molar-refractivity contribution in [2.45, 2.75) is 25.9 Å². The molecule has 3 nitrogen and oxygen atoms in total. The average Bonchev–Trinajstić information content (AvgIpc) is 2.87. The predicted octanol–water partition coefficient (Wildman–Crippen LogP) is 2.31. The van der Waals surface area contributed by atoms with E-state index in [1.54, 1.807) is 23.7 Å². The highest BCUT2D eigenvalue weighted by Crippen LogP contribution is 2.22. The standard InChI is InChI=1S/C11H14N2OS/c1-2-8-3-4-9(15-8)7-10(14)11-12-5-6-13-11/h3-6,10,14H,2,7H2,1H3,(H,12,13). The summed E-state index contributed by atoms with van der Waals surface area (Å²) in [4.78, 5) is 9.52. The summed E-state index contributed by atoms with van der Waals surface area (Å²) in [5.74, 6) is 0.640. The van der Waals surface area contributed by atoms with Crippen molar-refractivity contribution < 1.29 is 5.11 Å². The fraction of sp³-hybridized carbons (Fsp3) is 0.364. The first kappa shape index (κ1) is 10.4. The Labute approximate surface area is 92.8 Å². The van der Waals surface area contributed by atoms with Gasteiger partial charge >= 0.3 is 0 Å². The lowest BCUT2D eigenvalue weighted by atomic mass is 10.2. The second-order valence-corrected chi connectivity index (χ2v) is 4.67. The SMILES string of the molecule is CCc1ccc(CC(O)c2ncc[nH]2)s1. The third kappa shape index (κ3) is 2.46. The minimum atomic E-state index is -0.525. The minimum absolute atomic E-state index is 0.525. The first-order valence-electron chi connectivity index (χ1n) is 5.04. The number of aromatic amines is 1. The van der Waals surface area contributed by atoms with Gasteiger partial charge in [0.1, 0.15) is 11.9 Å². The van der Waals surface area contributed by atoms with Crippen molar-refractivity contribution in [1.29, 1.82) is 0 Å². The Balaban J connectivity index is 2.02. The van der Waals surface area contributed by atoms with Gasteiger partial charge in [-0.05, 0) is 18.6 Å². The molecule has 0 fully saturated rings. The predicted molar refractivity (Wildman–Crippen MR) is 60.9 cm³/mol. The summed E-state index contributed by atoms with van der Waals surface area (Å²) in [7, 11) is 0. The summed E-state index contributed by atoms with van der Waals surface area (Å²) in [6.07, 6.45) is 4.55. The first-order chi connectivity index (χ1) is 7.29. The molecular formula is C11H14N2OS. The van der Waals surface area contributed by atoms with Crippen LogP contribution >= 0.6 is 11.3 Å². The lowest BCUT2D eigenvalue weighted by Gasteiger charge is -2.04. The first-order valence-corrected chi connectivity index (χ1v) is 5.86. The maximum atomic E-state index is 9.86. The van der Waals surface area contributed by atoms with Crippen LogP contribution in [0.1, 0.15) is 28.6 Å². The number of hydrogen-bond donors (Lipinski definition) is 2. The largest absolute Gasteiger partial charge is 0.385 e. The molecule has 0 aromatic carbocycles. The number of aliphatic hydroxyl groups is 1. The summed E-state index contributed by atoms with van der Waals surface area (Å²) in [6.45, 7) is 2.14. The fourth-order valence-electron chi connectivity index (χ4n) is 1.47. The molecule has 0 aliphatic carbocycles. The second kappa shape index (κ2) is 4.59. The zero-order valence-corrected chi connectivity index (χ0v) is 9.42. The molecule has 0 bridgehead atoms. The second-order valence-electron chi connectivity index (χ2n) is 3.42. The van der Waals surface area contributed by atoms with Crippen LogP contribution in [-0.4, -0.2) is 15.1 Å². The summed E-state index contributed by atoms with van der Waals surface area (Å²) in [5, 5.41) is 9.86. The molecule has 0 saturated heterocycles. The number of rotatable bonds is 4. The van der Waals surface area contributed by atoms with Gasteiger partial charge < -0.3 is 10.1 Å². The van der Waals surface area contributed by atoms with Gasteiger partial charge in [0.15, 0.2) is 0 Å². The Morgan fingerprint density at radius 2 is 2.27 bits per heavy atom. The molecule has 0 spiro atoms. The molecule has 1 atom stereocenters. The molecule has 0 amide bonds. The van der Waals surface area contributed by atoms with Crippen molar-refractivity contribution in [3.05, 3.63) is 40.1 Å². The summed E-state index contributed by atoms with van der Waals surface area (Å²) in [5.41, 5.74) is 0. The minimum Gasteiger partial charge on any atom is -0.385 e. The quantitative estimate of drug-likeness (QED) is 0.834. The van der Waals surface area contributed by atoms with Crippen LogP contribution in [0.25, 0.3) is 0 Å². The average molecular weight is 222 g/mol. The van der Waals surface area contributed by atoms with E-state index in [9.17, 15) is 5.11 Å². The Hall–Kier alpha value is -1.13. The number of aliphatic hydroxyl groups excluding tert-OH is 1. The van der Waals surface area contributed by atoms with E-state index in [2.05, 4.69) is 29.0 Å². The van der Waals surface area contributed by atoms with Gasteiger partial charge in [0.05, 0.1) is 0 Å². The molecule has 80 valence electrons. The number of thiophene rings is 1. The van der Waals surface area contributed by atoms with Crippen molar-refractivity contribution in [1.82, 2.24) is 9.97 Å². The monoisotopic (exact) mass is 222 g/mol. The molecule has 15 heavy (non-hydrogen) atoms. The summed E-state index contributed by atoms with van der Waals surface area (Å²) < 4.78 is 0. The lowest BCUT2D eigenvalue weighted by Crippen LogP contribution is -2.02. The number of aryl methyl sites for hydroxylation is 1. The highest BCUT2D eigenvalue weighted by atomic mass is 32.1. The third-order valence-corrected chi connectivity index (χ3v) is 3.55. The van der Waals surface area contributed by atoms with Crippen LogP contribution in [-0.2, 0) is 12.8 Å². The lowest BCUT2D eigenvalue weighted by molar-refractivity contribution is 0.170. The van der Waals surface area contributed by atoms with E-state index in [1.807, 2.05) is 0 Å². The smallest absolute Gasteiger partial charge is 0.135 e. The summed E-state index contributed by atoms with van der Waals surface area (Å²) in [6, 6.07) is 4.20. The van der Waals surface area contributed by atoms with Crippen LogP contribution in [0.15, 0.2) is 24.5 Å². The zero-order chi connectivity index (χ0) is 10.7. The molecule has 2 rings (SSSR count). The Kier molecular flexibility index (Phi) is 3.18. The third-order valence-electron chi connectivity index (χ3n) is 2.30. The van der Waals surface area contributed by atoms with Crippen molar-refractivity contribution >= 4 is 11.3 Å². The highest BCUT2D eigenvalue weighted by molar-refractivity contribution is 7.11. The van der Waals surface area contributed by atoms with Gasteiger partial charge in [-0.25, -0.2) is 4.98 Å². The number of imidazole rings is 1. The van der Waals surface area contributed by atoms with Crippen LogP contribution in [0.3, 0.4) is 0 Å². The van der Waals surface area contributed by atoms with Gasteiger partial charge in [0.25, 0.3) is 0 Å². The van der Waals surface area contributed by atoms with Crippen LogP contribution in [0.5, 0.6) is 0 Å². The van der Waals surface area contributed by atoms with E-state index in [0.29, 0.717) is 12.2 Å². The van der Waals surface area contributed by atoms with Gasteiger partial charge in [-0.1, -0.05) is 6.92 Å². The summed E-state index contributed by atoms with van der Waals surface area (Å²) >= 11 is 1.76. The van der Waals surface area contributed by atoms with E-state index in [4.69, 9.17) is 0 Å². The number of nitrogens with one attached hydrogen (secondary N) is 1. The number of hydrogen-bond acceptors (Lipinski definition) is 3. The molecule has 1 unspecified atom stereocenters. The van der Waals surface area contributed by atoms with E-state index >= 15 is 0 Å². The van der Waals surface area contributed by atoms with Crippen molar-refractivity contribution in [2.24, 2.45) is 0 Å². The topological polar surface area (TPSA) is 48.9 Å². The van der Waals surface area contributed by atoms with Gasteiger partial charge in [0, 0.05) is 28.6 Å². The zero-order valence-electron chi connectivity index (χ0n) is 8.60. The van der Waals surface area contributed by atoms with E-state index in [1.165, 1.54) is 9.75 Å². The normalized spacial score (nSPS) is 12.9. The van der Waals surface area contributed by atoms with Gasteiger partial charge in [-0.2, -0.15) is 0 Å². The molecular weight excluding hydrogens is 208 g/mol. The Bertz CT molecular complexity index is 408. The molecule has 2 N–H and O–H groups in total. The van der Waals surface area contributed by atoms with Crippen LogP contribution < -0.4 is 0 Å². The van der Waals surface area contributed by atoms with Crippen LogP contribution in [0.2, 0.25) is 0 Å². The van der Waals surface area contributed by atoms with Gasteiger partial charge in [-0.3, -0.25) is 0 Å². The number of H-pyrrole nitrogens is 1. The maximum absolute atomic E-state index is 9.86. The van der Waals surface area contributed by atoms with E-state index in [0.717, 1.165) is 6.42 Å². The Morgan fingerprint density at radius 1 is 1.47 bits per heavy atom. The molecule has 2 heterocycles. The van der Waals surface area contributed by atoms with Crippen LogP contribution in [0, 0.1) is 0 Å². The van der Waals surface area contributed by atoms with Gasteiger partial charge in [-0.15, -0.1) is 11.3 Å². The molecule has 0 aliphatic rings. The number of aromatic nitrogens is 2. The van der Waals surface area contributed by atoms with Crippen molar-refractivity contribution in [3.63, 3.8) is 0 Å². The molecule has 0 radical (unpaired) electrons. The Morgan fingerprint density at radius 3 is 2.87 bits per heavy atom. The van der Waals surface area contributed by atoms with E-state index < -0.39 is 6.10 Å². The molecule has 2 aromatic rings. The van der Waals surface area contributed by atoms with Crippen molar-refractivity contribution in [2.75, 3.05) is 0 Å². The molecule has 4 heteroatoms. The van der Waals surface area contributed by atoms with Gasteiger partial charge in [0.2, 0.25) is 0 Å². The highest BCUT2D eigenvalue weighted by Gasteiger charge is 2.11. The number of nitrogens with zero attached hydrogens (tertiary/aromatic N) is 1. The van der Waals surface area contributed by atoms with Crippen molar-refractivity contribution in [3.8, 4) is 0 Å².